The van der Waals surface area contributed by atoms with E-state index in [2.05, 4.69) is 10.1 Å². The zero-order valence-electron chi connectivity index (χ0n) is 13.9. The van der Waals surface area contributed by atoms with Crippen LogP contribution in [0.5, 0.6) is 5.75 Å². The second kappa shape index (κ2) is 7.76. The van der Waals surface area contributed by atoms with Crippen molar-refractivity contribution in [1.82, 2.24) is 15.0 Å². The molecule has 1 N–H and O–H groups in total. The Kier molecular flexibility index (Phi) is 5.25. The Morgan fingerprint density at radius 1 is 1.32 bits per heavy atom. The van der Waals surface area contributed by atoms with Gasteiger partial charge in [0, 0.05) is 37.8 Å². The van der Waals surface area contributed by atoms with Crippen molar-refractivity contribution in [2.45, 2.75) is 13.0 Å². The zero-order chi connectivity index (χ0) is 17.6. The van der Waals surface area contributed by atoms with E-state index in [-0.39, 0.29) is 24.8 Å². The first-order valence-electron chi connectivity index (χ1n) is 7.97. The Hall–Kier alpha value is -2.93. The molecule has 0 aliphatic heterocycles. The number of ether oxygens (including phenoxy) is 1. The molecule has 0 fully saturated rings. The minimum Gasteiger partial charge on any atom is -0.486 e. The third-order valence-electron chi connectivity index (χ3n) is 3.73. The second-order valence-corrected chi connectivity index (χ2v) is 5.63. The predicted molar refractivity (Wildman–Crippen MR) is 91.2 cm³/mol. The molecule has 3 aromatic rings. The average molecular weight is 341 g/mol. The molecule has 0 aliphatic rings. The van der Waals surface area contributed by atoms with Crippen molar-refractivity contribution in [2.24, 2.45) is 0 Å². The molecule has 7 nitrogen and oxygen atoms in total. The van der Waals surface area contributed by atoms with Crippen molar-refractivity contribution < 1.29 is 19.2 Å². The van der Waals surface area contributed by atoms with E-state index in [9.17, 15) is 4.79 Å². The molecule has 3 rings (SSSR count). The molecule has 0 bridgehead atoms. The third kappa shape index (κ3) is 4.13. The van der Waals surface area contributed by atoms with E-state index >= 15 is 0 Å². The van der Waals surface area contributed by atoms with Crippen LogP contribution in [-0.4, -0.2) is 46.3 Å². The van der Waals surface area contributed by atoms with E-state index < -0.39 is 0 Å². The molecule has 1 aromatic carbocycles. The maximum atomic E-state index is 12.2. The summed E-state index contributed by atoms with van der Waals surface area (Å²) in [6, 6.07) is 11.0. The van der Waals surface area contributed by atoms with Gasteiger partial charge >= 0.3 is 0 Å². The molecule has 130 valence electrons. The molecule has 0 saturated carbocycles. The van der Waals surface area contributed by atoms with Gasteiger partial charge in [-0.05, 0) is 30.7 Å². The lowest BCUT2D eigenvalue weighted by Gasteiger charge is -2.14. The molecule has 2 heterocycles. The van der Waals surface area contributed by atoms with Gasteiger partial charge in [0.1, 0.15) is 12.4 Å². The highest BCUT2D eigenvalue weighted by Crippen LogP contribution is 2.20. The number of carbonyl (C=O) groups excluding carboxylic acids is 1. The molecule has 0 spiro atoms. The number of amides is 1. The van der Waals surface area contributed by atoms with E-state index in [1.165, 1.54) is 4.90 Å². The number of fused-ring (bicyclic) bond motifs is 1. The number of hydrogen-bond donors (Lipinski definition) is 1. The number of rotatable bonds is 7. The van der Waals surface area contributed by atoms with Crippen LogP contribution in [0.3, 0.4) is 0 Å². The van der Waals surface area contributed by atoms with Crippen LogP contribution in [-0.2, 0) is 6.61 Å². The van der Waals surface area contributed by atoms with Gasteiger partial charge in [-0.3, -0.25) is 9.78 Å². The van der Waals surface area contributed by atoms with Gasteiger partial charge in [0.15, 0.2) is 11.5 Å². The predicted octanol–water partition coefficient (Wildman–Crippen LogP) is 2.26. The summed E-state index contributed by atoms with van der Waals surface area (Å²) in [5.74, 6) is 0.898. The highest BCUT2D eigenvalue weighted by atomic mass is 16.5. The van der Waals surface area contributed by atoms with Gasteiger partial charge in [0.25, 0.3) is 5.91 Å². The first-order valence-corrected chi connectivity index (χ1v) is 7.97. The van der Waals surface area contributed by atoms with Crippen LogP contribution in [0, 0.1) is 0 Å². The Labute approximate surface area is 144 Å². The first-order chi connectivity index (χ1) is 12.2. The van der Waals surface area contributed by atoms with Crippen LogP contribution in [0.4, 0.5) is 0 Å². The van der Waals surface area contributed by atoms with Gasteiger partial charge in [0.2, 0.25) is 0 Å². The molecular weight excluding hydrogens is 322 g/mol. The summed E-state index contributed by atoms with van der Waals surface area (Å²) in [6.45, 7) is 0.669. The normalized spacial score (nSPS) is 10.8. The number of aromatic nitrogens is 2. The summed E-state index contributed by atoms with van der Waals surface area (Å²) in [5, 5.41) is 13.6. The number of carbonyl (C=O) groups is 1. The Morgan fingerprint density at radius 2 is 2.20 bits per heavy atom. The maximum absolute atomic E-state index is 12.2. The molecule has 0 atom stereocenters. The lowest BCUT2D eigenvalue weighted by molar-refractivity contribution is 0.0776. The molecule has 7 heteroatoms. The van der Waals surface area contributed by atoms with Crippen molar-refractivity contribution in [1.29, 1.82) is 0 Å². The number of pyridine rings is 1. The average Bonchev–Trinajstić information content (AvgIpc) is 3.12. The second-order valence-electron chi connectivity index (χ2n) is 5.63. The smallest absolute Gasteiger partial charge is 0.275 e. The van der Waals surface area contributed by atoms with Crippen molar-refractivity contribution in [3.05, 3.63) is 54.0 Å². The highest BCUT2D eigenvalue weighted by Gasteiger charge is 2.16. The summed E-state index contributed by atoms with van der Waals surface area (Å²) in [7, 11) is 1.66. The topological polar surface area (TPSA) is 88.7 Å². The standard InChI is InChI=1S/C18H19N3O4/c1-21(8-3-9-22)18(23)17-11-15(25-20-17)12-24-14-5-6-16-13(10-14)4-2-7-19-16/h2,4-7,10-11,22H,3,8-9,12H2,1H3. The van der Waals surface area contributed by atoms with Gasteiger partial charge in [0.05, 0.1) is 5.52 Å². The molecule has 0 unspecified atom stereocenters. The van der Waals surface area contributed by atoms with Gasteiger partial charge < -0.3 is 19.3 Å². The minimum atomic E-state index is -0.250. The van der Waals surface area contributed by atoms with Crippen molar-refractivity contribution in [2.75, 3.05) is 20.2 Å². The van der Waals surface area contributed by atoms with E-state index in [1.54, 1.807) is 19.3 Å². The lowest BCUT2D eigenvalue weighted by Crippen LogP contribution is -2.28. The van der Waals surface area contributed by atoms with E-state index in [4.69, 9.17) is 14.4 Å². The number of aliphatic hydroxyl groups is 1. The van der Waals surface area contributed by atoms with Crippen LogP contribution < -0.4 is 4.74 Å². The Balaban J connectivity index is 1.61. The SMILES string of the molecule is CN(CCCO)C(=O)c1cc(COc2ccc3ncccc3c2)on1. The number of hydrogen-bond acceptors (Lipinski definition) is 6. The lowest BCUT2D eigenvalue weighted by atomic mass is 10.2. The largest absolute Gasteiger partial charge is 0.486 e. The maximum Gasteiger partial charge on any atom is 0.275 e. The monoisotopic (exact) mass is 341 g/mol. The van der Waals surface area contributed by atoms with Crippen molar-refractivity contribution >= 4 is 16.8 Å². The zero-order valence-corrected chi connectivity index (χ0v) is 13.9. The fourth-order valence-electron chi connectivity index (χ4n) is 2.38. The molecule has 0 saturated heterocycles. The fourth-order valence-corrected chi connectivity index (χ4v) is 2.38. The van der Waals surface area contributed by atoms with Crippen LogP contribution in [0.2, 0.25) is 0 Å². The Bertz CT molecular complexity index is 862. The Morgan fingerprint density at radius 3 is 3.04 bits per heavy atom. The van der Waals surface area contributed by atoms with E-state index in [1.807, 2.05) is 30.3 Å². The summed E-state index contributed by atoms with van der Waals surface area (Å²) >= 11 is 0. The van der Waals surface area contributed by atoms with E-state index in [0.29, 0.717) is 24.5 Å². The molecular formula is C18H19N3O4. The molecule has 0 radical (unpaired) electrons. The molecule has 25 heavy (non-hydrogen) atoms. The van der Waals surface area contributed by atoms with Gasteiger partial charge in [-0.1, -0.05) is 11.2 Å². The van der Waals surface area contributed by atoms with Crippen LogP contribution in [0.25, 0.3) is 10.9 Å². The summed E-state index contributed by atoms with van der Waals surface area (Å²) < 4.78 is 10.9. The van der Waals surface area contributed by atoms with Crippen LogP contribution in [0.1, 0.15) is 22.7 Å². The molecule has 1 amide bonds. The number of benzene rings is 1. The molecule has 0 aliphatic carbocycles. The number of nitrogens with zero attached hydrogens (tertiary/aromatic N) is 3. The highest BCUT2D eigenvalue weighted by molar-refractivity contribution is 5.92. The summed E-state index contributed by atoms with van der Waals surface area (Å²) in [4.78, 5) is 17.9. The summed E-state index contributed by atoms with van der Waals surface area (Å²) in [5.41, 5.74) is 1.12. The van der Waals surface area contributed by atoms with Crippen molar-refractivity contribution in [3.63, 3.8) is 0 Å². The van der Waals surface area contributed by atoms with Crippen LogP contribution >= 0.6 is 0 Å². The van der Waals surface area contributed by atoms with Crippen molar-refractivity contribution in [3.8, 4) is 5.75 Å². The summed E-state index contributed by atoms with van der Waals surface area (Å²) in [6.07, 6.45) is 2.26. The molecule has 2 aromatic heterocycles. The van der Waals surface area contributed by atoms with Crippen LogP contribution in [0.15, 0.2) is 47.1 Å². The minimum absolute atomic E-state index is 0.0385. The first kappa shape index (κ1) is 16.9. The van der Waals surface area contributed by atoms with Gasteiger partial charge in [-0.25, -0.2) is 0 Å². The van der Waals surface area contributed by atoms with Gasteiger partial charge in [-0.15, -0.1) is 0 Å². The fraction of sp³-hybridized carbons (Fsp3) is 0.278. The number of aliphatic hydroxyl groups excluding tert-OH is 1. The van der Waals surface area contributed by atoms with E-state index in [0.717, 1.165) is 10.9 Å². The van der Waals surface area contributed by atoms with Gasteiger partial charge in [-0.2, -0.15) is 0 Å². The quantitative estimate of drug-likeness (QED) is 0.709. The third-order valence-corrected chi connectivity index (χ3v) is 3.73.